The third kappa shape index (κ3) is 3.89. The highest BCUT2D eigenvalue weighted by Gasteiger charge is 2.22. The van der Waals surface area contributed by atoms with Crippen molar-refractivity contribution in [3.63, 3.8) is 0 Å². The smallest absolute Gasteiger partial charge is 0.287 e. The van der Waals surface area contributed by atoms with Crippen LogP contribution in [0.4, 0.5) is 0 Å². The quantitative estimate of drug-likeness (QED) is 0.385. The summed E-state index contributed by atoms with van der Waals surface area (Å²) in [5.74, 6) is 0.167. The van der Waals surface area contributed by atoms with Gasteiger partial charge in [0.2, 0.25) is 0 Å². The zero-order valence-corrected chi connectivity index (χ0v) is 12.8. The maximum absolute atomic E-state index is 10.6. The Morgan fingerprint density at radius 1 is 1.10 bits per heavy atom. The number of hydrogen-bond acceptors (Lipinski definition) is 2. The maximum atomic E-state index is 10.6. The third-order valence-corrected chi connectivity index (χ3v) is 3.33. The van der Waals surface area contributed by atoms with Gasteiger partial charge in [-0.3, -0.25) is 0 Å². The molecule has 0 aliphatic rings. The van der Waals surface area contributed by atoms with Gasteiger partial charge in [-0.05, 0) is 6.42 Å². The summed E-state index contributed by atoms with van der Waals surface area (Å²) < 4.78 is 1.83. The fourth-order valence-corrected chi connectivity index (χ4v) is 2.25. The molecule has 1 aromatic carbocycles. The molecule has 0 amide bonds. The van der Waals surface area contributed by atoms with Crippen molar-refractivity contribution in [2.24, 2.45) is 0 Å². The van der Waals surface area contributed by atoms with Crippen molar-refractivity contribution in [3.05, 3.63) is 66.5 Å². The second-order valence-electron chi connectivity index (χ2n) is 4.60. The Morgan fingerprint density at radius 3 is 2.33 bits per heavy atom. The fraction of sp³-hybridized carbons (Fsp3) is 0.176. The molecule has 1 heterocycles. The minimum absolute atomic E-state index is 0.167. The first-order chi connectivity index (χ1) is 10.2. The van der Waals surface area contributed by atoms with Crippen molar-refractivity contribution in [2.75, 3.05) is 6.54 Å². The summed E-state index contributed by atoms with van der Waals surface area (Å²) in [5.41, 5.74) is 1.33. The molecule has 0 aliphatic heterocycles. The molecule has 0 spiro atoms. The van der Waals surface area contributed by atoms with Crippen LogP contribution in [0.3, 0.4) is 0 Å². The molecule has 0 atom stereocenters. The van der Waals surface area contributed by atoms with Crippen molar-refractivity contribution in [2.45, 2.75) is 13.3 Å². The first-order valence-electron chi connectivity index (χ1n) is 6.97. The molecule has 0 bridgehead atoms. The van der Waals surface area contributed by atoms with E-state index < -0.39 is 0 Å². The zero-order chi connectivity index (χ0) is 15.1. The second-order valence-corrected chi connectivity index (χ2v) is 5.01. The van der Waals surface area contributed by atoms with Gasteiger partial charge in [-0.25, -0.2) is 0 Å². The van der Waals surface area contributed by atoms with E-state index in [0.29, 0.717) is 10.7 Å². The number of aromatic nitrogens is 1. The molecule has 0 saturated heterocycles. The van der Waals surface area contributed by atoms with Crippen molar-refractivity contribution in [3.8, 4) is 0 Å². The van der Waals surface area contributed by atoms with Gasteiger partial charge in [-0.1, -0.05) is 55.5 Å². The lowest BCUT2D eigenvalue weighted by Crippen LogP contribution is -2.41. The molecule has 2 aromatic rings. The highest BCUT2D eigenvalue weighted by atomic mass is 32.1. The molecule has 0 radical (unpaired) electrons. The van der Waals surface area contributed by atoms with Crippen LogP contribution in [0.15, 0.2) is 60.9 Å². The van der Waals surface area contributed by atoms with Crippen molar-refractivity contribution in [1.29, 1.82) is 0 Å². The van der Waals surface area contributed by atoms with Crippen LogP contribution < -0.4 is 9.88 Å². The number of rotatable bonds is 5. The molecule has 1 aromatic heterocycles. The summed E-state index contributed by atoms with van der Waals surface area (Å²) >= 11 is 5.45. The summed E-state index contributed by atoms with van der Waals surface area (Å²) in [7, 11) is 0. The first kappa shape index (κ1) is 15.2. The van der Waals surface area contributed by atoms with E-state index in [1.54, 1.807) is 0 Å². The van der Waals surface area contributed by atoms with E-state index >= 15 is 0 Å². The van der Waals surface area contributed by atoms with Crippen LogP contribution in [-0.4, -0.2) is 16.6 Å². The lowest BCUT2D eigenvalue weighted by molar-refractivity contribution is -0.576. The second kappa shape index (κ2) is 7.55. The zero-order valence-electron chi connectivity index (χ0n) is 12.0. The van der Waals surface area contributed by atoms with E-state index in [0.717, 1.165) is 18.5 Å². The number of benzene rings is 1. The highest BCUT2D eigenvalue weighted by Crippen LogP contribution is 2.16. The van der Waals surface area contributed by atoms with Gasteiger partial charge in [0.1, 0.15) is 0 Å². The van der Waals surface area contributed by atoms with E-state index in [9.17, 15) is 5.11 Å². The molecule has 108 valence electrons. The van der Waals surface area contributed by atoms with E-state index in [4.69, 9.17) is 12.2 Å². The third-order valence-electron chi connectivity index (χ3n) is 3.00. The summed E-state index contributed by atoms with van der Waals surface area (Å²) in [6, 6.07) is 15.2. The largest absolute Gasteiger partial charge is 0.502 e. The lowest BCUT2D eigenvalue weighted by atomic mass is 10.1. The van der Waals surface area contributed by atoms with Crippen molar-refractivity contribution in [1.82, 2.24) is 5.32 Å². The molecule has 21 heavy (non-hydrogen) atoms. The fourth-order valence-electron chi connectivity index (χ4n) is 1.95. The van der Waals surface area contributed by atoms with Crippen molar-refractivity contribution < 1.29 is 9.67 Å². The van der Waals surface area contributed by atoms with Gasteiger partial charge in [0.05, 0.1) is 0 Å². The summed E-state index contributed by atoms with van der Waals surface area (Å²) in [5, 5.41) is 13.8. The number of nitrogens with zero attached hydrogens (tertiary/aromatic N) is 1. The van der Waals surface area contributed by atoms with Gasteiger partial charge in [-0.2, -0.15) is 4.57 Å². The summed E-state index contributed by atoms with van der Waals surface area (Å²) in [4.78, 5) is 0.536. The Morgan fingerprint density at radius 2 is 1.71 bits per heavy atom. The van der Waals surface area contributed by atoms with Gasteiger partial charge in [0.15, 0.2) is 23.1 Å². The topological polar surface area (TPSA) is 36.1 Å². The highest BCUT2D eigenvalue weighted by molar-refractivity contribution is 7.81. The number of aliphatic hydroxyl groups excluding tert-OH is 1. The average molecular weight is 299 g/mol. The van der Waals surface area contributed by atoms with Crippen LogP contribution in [-0.2, 0) is 0 Å². The molecular weight excluding hydrogens is 280 g/mol. The Labute approximate surface area is 130 Å². The molecule has 2 N–H and O–H groups in total. The Hall–Kier alpha value is -2.20. The van der Waals surface area contributed by atoms with Crippen molar-refractivity contribution >= 4 is 28.7 Å². The monoisotopic (exact) mass is 299 g/mol. The van der Waals surface area contributed by atoms with E-state index in [1.165, 1.54) is 0 Å². The number of aliphatic hydroxyl groups is 1. The molecule has 2 rings (SSSR count). The molecule has 3 nitrogen and oxygen atoms in total. The van der Waals surface area contributed by atoms with Crippen LogP contribution >= 0.6 is 12.2 Å². The molecule has 0 saturated carbocycles. The van der Waals surface area contributed by atoms with Gasteiger partial charge >= 0.3 is 0 Å². The van der Waals surface area contributed by atoms with Crippen LogP contribution in [0.5, 0.6) is 0 Å². The number of hydrogen-bond donors (Lipinski definition) is 2. The standard InChI is InChI=1S/C17H18N2OS/c1-2-11-18-17(21)15(19-12-7-4-8-13-19)16(20)14-9-5-3-6-10-14/h3-10,12-13H,2,11H2,1H3,(H-,18,20,21)/p+1. The van der Waals surface area contributed by atoms with Gasteiger partial charge in [-0.15, -0.1) is 0 Å². The number of nitrogens with one attached hydrogen (secondary N) is 1. The lowest BCUT2D eigenvalue weighted by Gasteiger charge is -2.09. The van der Waals surface area contributed by atoms with E-state index in [-0.39, 0.29) is 5.76 Å². The molecule has 4 heteroatoms. The number of thiocarbonyl (C=S) groups is 1. The summed E-state index contributed by atoms with van der Waals surface area (Å²) in [6.07, 6.45) is 4.71. The Kier molecular flexibility index (Phi) is 5.46. The molecule has 0 aliphatic carbocycles. The predicted molar refractivity (Wildman–Crippen MR) is 89.7 cm³/mol. The summed E-state index contributed by atoms with van der Waals surface area (Å²) in [6.45, 7) is 2.85. The molecule has 0 unspecified atom stereocenters. The normalized spacial score (nSPS) is 11.7. The van der Waals surface area contributed by atoms with Crippen LogP contribution in [0.1, 0.15) is 18.9 Å². The average Bonchev–Trinajstić information content (AvgIpc) is 2.55. The van der Waals surface area contributed by atoms with Gasteiger partial charge in [0.25, 0.3) is 5.70 Å². The SMILES string of the molecule is CCCNC(=S)C(=C(O)c1ccccc1)[n+]1ccccc1. The predicted octanol–water partition coefficient (Wildman–Crippen LogP) is 3.18. The minimum Gasteiger partial charge on any atom is -0.502 e. The van der Waals surface area contributed by atoms with E-state index in [1.807, 2.05) is 65.5 Å². The Bertz CT molecular complexity index is 624. The van der Waals surface area contributed by atoms with Gasteiger partial charge < -0.3 is 10.4 Å². The first-order valence-corrected chi connectivity index (χ1v) is 7.38. The maximum Gasteiger partial charge on any atom is 0.287 e. The Balaban J connectivity index is 2.48. The van der Waals surface area contributed by atoms with Crippen LogP contribution in [0.2, 0.25) is 0 Å². The minimum atomic E-state index is 0.167. The van der Waals surface area contributed by atoms with Gasteiger partial charge in [0, 0.05) is 24.2 Å². The molecule has 0 fully saturated rings. The molecular formula is C17H19N2OS+. The van der Waals surface area contributed by atoms with Crippen LogP contribution in [0, 0.1) is 0 Å². The number of pyridine rings is 1. The van der Waals surface area contributed by atoms with Crippen LogP contribution in [0.25, 0.3) is 11.5 Å². The van der Waals surface area contributed by atoms with E-state index in [2.05, 4.69) is 12.2 Å².